The van der Waals surface area contributed by atoms with E-state index in [4.69, 9.17) is 5.11 Å². The number of hydrogen-bond acceptors (Lipinski definition) is 3. The van der Waals surface area contributed by atoms with Gasteiger partial charge in [0, 0.05) is 5.57 Å². The fourth-order valence-corrected chi connectivity index (χ4v) is 0.857. The third-order valence-electron chi connectivity index (χ3n) is 2.21. The predicted octanol–water partition coefficient (Wildman–Crippen LogP) is 1.77. The van der Waals surface area contributed by atoms with Crippen LogP contribution in [0.1, 0.15) is 27.2 Å². The summed E-state index contributed by atoms with van der Waals surface area (Å²) < 4.78 is 0. The standard InChI is InChI=1S/C10H15NO3/c1-7(9(3)11-6-12)4-5-8(2)10(13)14/h5,7,9H,4H2,1-3H3,(H,13,14). The summed E-state index contributed by atoms with van der Waals surface area (Å²) in [7, 11) is 0. The van der Waals surface area contributed by atoms with Gasteiger partial charge in [0.05, 0.1) is 6.04 Å². The summed E-state index contributed by atoms with van der Waals surface area (Å²) in [4.78, 5) is 24.0. The number of carboxylic acids is 1. The van der Waals surface area contributed by atoms with E-state index in [1.54, 1.807) is 19.9 Å². The second kappa shape index (κ2) is 6.11. The van der Waals surface area contributed by atoms with E-state index in [-0.39, 0.29) is 12.0 Å². The summed E-state index contributed by atoms with van der Waals surface area (Å²) >= 11 is 0. The zero-order valence-electron chi connectivity index (χ0n) is 8.65. The van der Waals surface area contributed by atoms with E-state index in [1.807, 2.05) is 6.92 Å². The number of carbonyl (C=O) groups is 1. The minimum absolute atomic E-state index is 0.120. The molecule has 0 fully saturated rings. The third-order valence-corrected chi connectivity index (χ3v) is 2.21. The number of hydrogen-bond donors (Lipinski definition) is 1. The minimum Gasteiger partial charge on any atom is -0.478 e. The molecule has 78 valence electrons. The van der Waals surface area contributed by atoms with Crippen molar-refractivity contribution in [1.29, 1.82) is 0 Å². The molecule has 0 bridgehead atoms. The van der Waals surface area contributed by atoms with Crippen molar-refractivity contribution >= 4 is 12.0 Å². The average molecular weight is 197 g/mol. The molecule has 0 spiro atoms. The Morgan fingerprint density at radius 2 is 2.14 bits per heavy atom. The molecule has 4 nitrogen and oxygen atoms in total. The maximum atomic E-state index is 10.5. The smallest absolute Gasteiger partial charge is 0.330 e. The molecule has 0 aliphatic heterocycles. The summed E-state index contributed by atoms with van der Waals surface area (Å²) in [6.45, 7) is 5.26. The molecule has 1 N–H and O–H groups in total. The van der Waals surface area contributed by atoms with E-state index >= 15 is 0 Å². The van der Waals surface area contributed by atoms with E-state index in [9.17, 15) is 9.59 Å². The van der Waals surface area contributed by atoms with Crippen molar-refractivity contribution in [1.82, 2.24) is 0 Å². The van der Waals surface area contributed by atoms with Gasteiger partial charge in [-0.05, 0) is 26.2 Å². The molecule has 0 heterocycles. The van der Waals surface area contributed by atoms with Gasteiger partial charge in [0.15, 0.2) is 0 Å². The number of isocyanates is 1. The Balaban J connectivity index is 4.20. The van der Waals surface area contributed by atoms with Gasteiger partial charge < -0.3 is 5.11 Å². The lowest BCUT2D eigenvalue weighted by Gasteiger charge is -2.11. The largest absolute Gasteiger partial charge is 0.478 e. The second-order valence-corrected chi connectivity index (χ2v) is 3.37. The van der Waals surface area contributed by atoms with Crippen LogP contribution < -0.4 is 0 Å². The molecule has 0 amide bonds. The van der Waals surface area contributed by atoms with Crippen LogP contribution in [0.5, 0.6) is 0 Å². The van der Waals surface area contributed by atoms with Gasteiger partial charge in [-0.15, -0.1) is 0 Å². The van der Waals surface area contributed by atoms with Crippen LogP contribution in [0.2, 0.25) is 0 Å². The van der Waals surface area contributed by atoms with E-state index in [0.29, 0.717) is 12.0 Å². The van der Waals surface area contributed by atoms with Crippen molar-refractivity contribution < 1.29 is 14.7 Å². The van der Waals surface area contributed by atoms with Crippen LogP contribution in [0.3, 0.4) is 0 Å². The maximum Gasteiger partial charge on any atom is 0.330 e. The van der Waals surface area contributed by atoms with Crippen molar-refractivity contribution in [2.24, 2.45) is 10.9 Å². The first-order valence-corrected chi connectivity index (χ1v) is 4.46. The highest BCUT2D eigenvalue weighted by atomic mass is 16.4. The molecular formula is C10H15NO3. The number of carbonyl (C=O) groups excluding carboxylic acids is 1. The maximum absolute atomic E-state index is 10.5. The Labute approximate surface area is 83.3 Å². The van der Waals surface area contributed by atoms with E-state index in [1.165, 1.54) is 6.08 Å². The zero-order valence-corrected chi connectivity index (χ0v) is 8.65. The lowest BCUT2D eigenvalue weighted by atomic mass is 9.99. The normalized spacial score (nSPS) is 15.5. The van der Waals surface area contributed by atoms with Gasteiger partial charge in [0.2, 0.25) is 6.08 Å². The number of aliphatic carboxylic acids is 1. The second-order valence-electron chi connectivity index (χ2n) is 3.37. The fraction of sp³-hybridized carbons (Fsp3) is 0.600. The molecule has 2 atom stereocenters. The van der Waals surface area contributed by atoms with Gasteiger partial charge >= 0.3 is 5.97 Å². The first-order valence-electron chi connectivity index (χ1n) is 4.46. The molecule has 0 aliphatic rings. The summed E-state index contributed by atoms with van der Waals surface area (Å²) in [6, 6.07) is -0.120. The quantitative estimate of drug-likeness (QED) is 0.415. The summed E-state index contributed by atoms with van der Waals surface area (Å²) in [5.74, 6) is -0.769. The van der Waals surface area contributed by atoms with Crippen LogP contribution in [0.15, 0.2) is 16.6 Å². The number of aliphatic imine (C=N–C) groups is 1. The Bertz CT molecular complexity index is 277. The Hall–Kier alpha value is -1.41. The van der Waals surface area contributed by atoms with E-state index in [0.717, 1.165) is 0 Å². The molecular weight excluding hydrogens is 182 g/mol. The molecule has 0 radical (unpaired) electrons. The fourth-order valence-electron chi connectivity index (χ4n) is 0.857. The van der Waals surface area contributed by atoms with Crippen LogP contribution in [-0.2, 0) is 9.59 Å². The Morgan fingerprint density at radius 1 is 1.57 bits per heavy atom. The van der Waals surface area contributed by atoms with Crippen molar-refractivity contribution in [2.45, 2.75) is 33.2 Å². The topological polar surface area (TPSA) is 66.7 Å². The molecule has 0 aromatic carbocycles. The van der Waals surface area contributed by atoms with E-state index in [2.05, 4.69) is 4.99 Å². The predicted molar refractivity (Wildman–Crippen MR) is 52.8 cm³/mol. The molecule has 0 rings (SSSR count). The number of rotatable bonds is 5. The molecule has 0 saturated heterocycles. The minimum atomic E-state index is -0.913. The van der Waals surface area contributed by atoms with Gasteiger partial charge in [-0.1, -0.05) is 13.0 Å². The summed E-state index contributed by atoms with van der Waals surface area (Å²) in [6.07, 6.45) is 3.74. The van der Waals surface area contributed by atoms with Crippen molar-refractivity contribution in [3.8, 4) is 0 Å². The molecule has 0 aromatic rings. The third kappa shape index (κ3) is 4.58. The lowest BCUT2D eigenvalue weighted by molar-refractivity contribution is -0.132. The molecule has 2 unspecified atom stereocenters. The molecule has 4 heteroatoms. The molecule has 0 aliphatic carbocycles. The monoisotopic (exact) mass is 197 g/mol. The number of nitrogens with zero attached hydrogens (tertiary/aromatic N) is 1. The lowest BCUT2D eigenvalue weighted by Crippen LogP contribution is -2.10. The van der Waals surface area contributed by atoms with E-state index < -0.39 is 5.97 Å². The number of carboxylic acid groups (broad SMARTS) is 1. The van der Waals surface area contributed by atoms with Gasteiger partial charge in [-0.3, -0.25) is 0 Å². The first kappa shape index (κ1) is 12.6. The van der Waals surface area contributed by atoms with Crippen molar-refractivity contribution in [2.75, 3.05) is 0 Å². The summed E-state index contributed by atoms with van der Waals surface area (Å²) in [5.41, 5.74) is 0.319. The molecule has 0 saturated carbocycles. The van der Waals surface area contributed by atoms with Gasteiger partial charge in [-0.25, -0.2) is 14.6 Å². The van der Waals surface area contributed by atoms with Crippen LogP contribution in [-0.4, -0.2) is 23.2 Å². The Morgan fingerprint density at radius 3 is 2.57 bits per heavy atom. The van der Waals surface area contributed by atoms with Crippen LogP contribution in [0.25, 0.3) is 0 Å². The highest BCUT2D eigenvalue weighted by Crippen LogP contribution is 2.12. The molecule has 0 aromatic heterocycles. The van der Waals surface area contributed by atoms with Gasteiger partial charge in [0.1, 0.15) is 0 Å². The first-order chi connectivity index (χ1) is 6.49. The van der Waals surface area contributed by atoms with Crippen molar-refractivity contribution in [3.05, 3.63) is 11.6 Å². The summed E-state index contributed by atoms with van der Waals surface area (Å²) in [5, 5.41) is 8.58. The Kier molecular flexibility index (Phi) is 5.49. The molecule has 14 heavy (non-hydrogen) atoms. The van der Waals surface area contributed by atoms with Gasteiger partial charge in [0.25, 0.3) is 0 Å². The zero-order chi connectivity index (χ0) is 11.1. The average Bonchev–Trinajstić information content (AvgIpc) is 2.13. The highest BCUT2D eigenvalue weighted by Gasteiger charge is 2.10. The van der Waals surface area contributed by atoms with Crippen LogP contribution >= 0.6 is 0 Å². The van der Waals surface area contributed by atoms with Crippen molar-refractivity contribution in [3.63, 3.8) is 0 Å². The van der Waals surface area contributed by atoms with Crippen LogP contribution in [0, 0.1) is 5.92 Å². The van der Waals surface area contributed by atoms with Gasteiger partial charge in [-0.2, -0.15) is 0 Å². The SMILES string of the molecule is CC(=CCC(C)C(C)N=C=O)C(=O)O. The van der Waals surface area contributed by atoms with Crippen LogP contribution in [0.4, 0.5) is 0 Å². The number of allylic oxidation sites excluding steroid dienone is 1. The highest BCUT2D eigenvalue weighted by molar-refractivity contribution is 5.85.